The van der Waals surface area contributed by atoms with Crippen LogP contribution >= 0.6 is 0 Å². The molecule has 2 heterocycles. The smallest absolute Gasteiger partial charge is 0.163 e. The lowest BCUT2D eigenvalue weighted by Crippen LogP contribution is -2.41. The molecular formula is C16H19N5O2. The largest absolute Gasteiger partial charge is 0.492 e. The number of aryl methyl sites for hydroxylation is 1. The molecule has 1 aliphatic heterocycles. The fourth-order valence-electron chi connectivity index (χ4n) is 2.59. The number of nitriles is 1. The molecule has 1 aromatic heterocycles. The van der Waals surface area contributed by atoms with Crippen LogP contribution in [0.25, 0.3) is 0 Å². The molecule has 1 aromatic carbocycles. The van der Waals surface area contributed by atoms with Gasteiger partial charge in [0.15, 0.2) is 5.82 Å². The first-order valence-corrected chi connectivity index (χ1v) is 7.57. The average Bonchev–Trinajstić information content (AvgIpc) is 3.01. The number of morpholine rings is 1. The van der Waals surface area contributed by atoms with Gasteiger partial charge in [-0.25, -0.2) is 0 Å². The van der Waals surface area contributed by atoms with Gasteiger partial charge in [0.25, 0.3) is 0 Å². The second kappa shape index (κ2) is 7.22. The van der Waals surface area contributed by atoms with Crippen molar-refractivity contribution >= 4 is 0 Å². The van der Waals surface area contributed by atoms with Crippen molar-refractivity contribution in [1.82, 2.24) is 19.7 Å². The van der Waals surface area contributed by atoms with E-state index in [0.717, 1.165) is 31.2 Å². The third-order valence-corrected chi connectivity index (χ3v) is 3.82. The average molecular weight is 313 g/mol. The fourth-order valence-corrected chi connectivity index (χ4v) is 2.59. The summed E-state index contributed by atoms with van der Waals surface area (Å²) in [5, 5.41) is 16.9. The highest BCUT2D eigenvalue weighted by Crippen LogP contribution is 2.19. The zero-order valence-corrected chi connectivity index (χ0v) is 13.1. The van der Waals surface area contributed by atoms with Gasteiger partial charge >= 0.3 is 0 Å². The molecule has 1 atom stereocenters. The molecule has 3 rings (SSSR count). The van der Waals surface area contributed by atoms with E-state index >= 15 is 0 Å². The van der Waals surface area contributed by atoms with Crippen molar-refractivity contribution in [3.8, 4) is 11.8 Å². The summed E-state index contributed by atoms with van der Waals surface area (Å²) in [6, 6.07) is 9.32. The molecule has 0 spiro atoms. The Morgan fingerprint density at radius 1 is 1.48 bits per heavy atom. The standard InChI is InChI=1S/C16H19N5O2/c1-20-12-18-19-16(20)15-11-21(6-8-23-15)5-7-22-14-4-2-3-13(9-14)10-17/h2-4,9,12,15H,5-8,11H2,1H3/t15-/m1/s1. The Kier molecular flexibility index (Phi) is 4.86. The SMILES string of the molecule is Cn1cnnc1[C@H]1CN(CCOc2cccc(C#N)c2)CCO1. The first kappa shape index (κ1) is 15.5. The minimum Gasteiger partial charge on any atom is -0.492 e. The molecule has 23 heavy (non-hydrogen) atoms. The summed E-state index contributed by atoms with van der Waals surface area (Å²) in [5.74, 6) is 1.57. The van der Waals surface area contributed by atoms with Gasteiger partial charge in [0.2, 0.25) is 0 Å². The molecule has 0 aliphatic carbocycles. The van der Waals surface area contributed by atoms with Crippen LogP contribution in [0.3, 0.4) is 0 Å². The summed E-state index contributed by atoms with van der Waals surface area (Å²) in [7, 11) is 1.92. The molecule has 2 aromatic rings. The van der Waals surface area contributed by atoms with Crippen LogP contribution in [0, 0.1) is 11.3 Å². The van der Waals surface area contributed by atoms with Crippen LogP contribution in [-0.4, -0.2) is 52.5 Å². The lowest BCUT2D eigenvalue weighted by Gasteiger charge is -2.32. The van der Waals surface area contributed by atoms with Crippen LogP contribution in [0.15, 0.2) is 30.6 Å². The highest BCUT2D eigenvalue weighted by molar-refractivity contribution is 5.36. The van der Waals surface area contributed by atoms with Crippen molar-refractivity contribution in [3.05, 3.63) is 42.0 Å². The molecule has 0 bridgehead atoms. The summed E-state index contributed by atoms with van der Waals surface area (Å²) in [4.78, 5) is 2.29. The normalized spacial score (nSPS) is 18.5. The zero-order chi connectivity index (χ0) is 16.1. The number of hydrogen-bond acceptors (Lipinski definition) is 6. The van der Waals surface area contributed by atoms with E-state index < -0.39 is 0 Å². The third-order valence-electron chi connectivity index (χ3n) is 3.82. The molecule has 7 heteroatoms. The summed E-state index contributed by atoms with van der Waals surface area (Å²) < 4.78 is 13.4. The molecule has 0 amide bonds. The summed E-state index contributed by atoms with van der Waals surface area (Å²) in [6.07, 6.45) is 1.63. The Labute approximate surface area is 135 Å². The van der Waals surface area contributed by atoms with Crippen molar-refractivity contribution in [3.63, 3.8) is 0 Å². The minimum absolute atomic E-state index is 0.0573. The maximum atomic E-state index is 8.89. The Morgan fingerprint density at radius 2 is 2.39 bits per heavy atom. The number of nitrogens with zero attached hydrogens (tertiary/aromatic N) is 5. The molecule has 0 unspecified atom stereocenters. The lowest BCUT2D eigenvalue weighted by atomic mass is 10.2. The monoisotopic (exact) mass is 313 g/mol. The number of aromatic nitrogens is 3. The quantitative estimate of drug-likeness (QED) is 0.824. The second-order valence-electron chi connectivity index (χ2n) is 5.45. The summed E-state index contributed by atoms with van der Waals surface area (Å²) in [6.45, 7) is 3.68. The first-order valence-electron chi connectivity index (χ1n) is 7.57. The van der Waals surface area contributed by atoms with Gasteiger partial charge in [-0.15, -0.1) is 10.2 Å². The van der Waals surface area contributed by atoms with Crippen LogP contribution in [-0.2, 0) is 11.8 Å². The van der Waals surface area contributed by atoms with E-state index in [-0.39, 0.29) is 6.10 Å². The highest BCUT2D eigenvalue weighted by atomic mass is 16.5. The van der Waals surface area contributed by atoms with Crippen molar-refractivity contribution in [2.24, 2.45) is 7.05 Å². The number of hydrogen-bond donors (Lipinski definition) is 0. The number of benzene rings is 1. The Hall–Kier alpha value is -2.43. The van der Waals surface area contributed by atoms with Crippen LogP contribution in [0.1, 0.15) is 17.5 Å². The van der Waals surface area contributed by atoms with Gasteiger partial charge in [0.05, 0.1) is 18.2 Å². The maximum absolute atomic E-state index is 8.89. The van der Waals surface area contributed by atoms with Gasteiger partial charge in [0.1, 0.15) is 24.8 Å². The molecule has 120 valence electrons. The van der Waals surface area contributed by atoms with Crippen LogP contribution in [0.5, 0.6) is 5.75 Å². The van der Waals surface area contributed by atoms with Crippen molar-refractivity contribution in [1.29, 1.82) is 5.26 Å². The molecule has 0 radical (unpaired) electrons. The Morgan fingerprint density at radius 3 is 3.17 bits per heavy atom. The molecule has 1 aliphatic rings. The lowest BCUT2D eigenvalue weighted by molar-refractivity contribution is -0.0384. The van der Waals surface area contributed by atoms with E-state index in [0.29, 0.717) is 18.8 Å². The maximum Gasteiger partial charge on any atom is 0.163 e. The Bertz CT molecular complexity index is 694. The topological polar surface area (TPSA) is 76.2 Å². The van der Waals surface area contributed by atoms with Gasteiger partial charge in [-0.1, -0.05) is 6.07 Å². The van der Waals surface area contributed by atoms with Crippen molar-refractivity contribution < 1.29 is 9.47 Å². The van der Waals surface area contributed by atoms with Crippen LogP contribution < -0.4 is 4.74 Å². The van der Waals surface area contributed by atoms with Gasteiger partial charge in [-0.3, -0.25) is 4.90 Å². The third kappa shape index (κ3) is 3.86. The number of ether oxygens (including phenoxy) is 2. The van der Waals surface area contributed by atoms with E-state index in [9.17, 15) is 0 Å². The first-order chi connectivity index (χ1) is 11.3. The molecule has 1 fully saturated rings. The van der Waals surface area contributed by atoms with E-state index in [1.807, 2.05) is 23.7 Å². The summed E-state index contributed by atoms with van der Waals surface area (Å²) >= 11 is 0. The van der Waals surface area contributed by atoms with Gasteiger partial charge in [0, 0.05) is 26.7 Å². The van der Waals surface area contributed by atoms with E-state index in [1.54, 1.807) is 18.5 Å². The molecule has 0 saturated carbocycles. The zero-order valence-electron chi connectivity index (χ0n) is 13.1. The highest BCUT2D eigenvalue weighted by Gasteiger charge is 2.25. The second-order valence-corrected chi connectivity index (χ2v) is 5.45. The fraction of sp³-hybridized carbons (Fsp3) is 0.438. The van der Waals surface area contributed by atoms with Crippen molar-refractivity contribution in [2.45, 2.75) is 6.10 Å². The predicted molar refractivity (Wildman–Crippen MR) is 82.8 cm³/mol. The molecule has 1 saturated heterocycles. The van der Waals surface area contributed by atoms with E-state index in [2.05, 4.69) is 21.2 Å². The van der Waals surface area contributed by atoms with Crippen LogP contribution in [0.4, 0.5) is 0 Å². The van der Waals surface area contributed by atoms with Crippen LogP contribution in [0.2, 0.25) is 0 Å². The number of rotatable bonds is 5. The molecule has 0 N–H and O–H groups in total. The predicted octanol–water partition coefficient (Wildman–Crippen LogP) is 1.14. The van der Waals surface area contributed by atoms with E-state index in [1.165, 1.54) is 0 Å². The van der Waals surface area contributed by atoms with Gasteiger partial charge < -0.3 is 14.0 Å². The molecule has 7 nitrogen and oxygen atoms in total. The Balaban J connectivity index is 1.50. The minimum atomic E-state index is -0.0573. The summed E-state index contributed by atoms with van der Waals surface area (Å²) in [5.41, 5.74) is 0.608. The van der Waals surface area contributed by atoms with Crippen molar-refractivity contribution in [2.75, 3.05) is 32.8 Å². The van der Waals surface area contributed by atoms with Gasteiger partial charge in [-0.2, -0.15) is 5.26 Å². The molecular weight excluding hydrogens is 294 g/mol. The van der Waals surface area contributed by atoms with Gasteiger partial charge in [-0.05, 0) is 18.2 Å². The van der Waals surface area contributed by atoms with E-state index in [4.69, 9.17) is 14.7 Å².